The van der Waals surface area contributed by atoms with Gasteiger partial charge in [0.15, 0.2) is 0 Å². The Balaban J connectivity index is 1.96. The van der Waals surface area contributed by atoms with E-state index in [0.717, 1.165) is 31.7 Å². The van der Waals surface area contributed by atoms with Crippen LogP contribution in [-0.4, -0.2) is 44.3 Å². The van der Waals surface area contributed by atoms with E-state index in [0.29, 0.717) is 12.3 Å². The molecule has 1 fully saturated rings. The fourth-order valence-electron chi connectivity index (χ4n) is 2.08. The molecule has 0 spiro atoms. The van der Waals surface area contributed by atoms with Crippen LogP contribution in [0.1, 0.15) is 6.42 Å². The topological polar surface area (TPSA) is 58.8 Å². The van der Waals surface area contributed by atoms with Gasteiger partial charge in [0.1, 0.15) is 0 Å². The predicted molar refractivity (Wildman–Crippen MR) is 71.7 cm³/mol. The maximum atomic E-state index is 12.2. The average Bonchev–Trinajstić information content (AvgIpc) is 2.73. The lowest BCUT2D eigenvalue weighted by atomic mass is 10.2. The molecule has 0 bridgehead atoms. The minimum absolute atomic E-state index is 0.0656. The van der Waals surface area contributed by atoms with Crippen molar-refractivity contribution >= 4 is 17.4 Å². The second kappa shape index (κ2) is 5.73. The van der Waals surface area contributed by atoms with Crippen LogP contribution >= 0.6 is 0 Å². The SMILES string of the molecule is COCCCN1CCN(c2ccc(N)cc2)C1=O. The molecule has 0 atom stereocenters. The normalized spacial score (nSPS) is 15.5. The highest BCUT2D eigenvalue weighted by atomic mass is 16.5. The smallest absolute Gasteiger partial charge is 0.324 e. The molecule has 1 aliphatic rings. The molecule has 2 rings (SSSR count). The standard InChI is InChI=1S/C13H19N3O2/c1-18-10-2-7-15-8-9-16(13(15)17)12-5-3-11(14)4-6-12/h3-6H,2,7-10,14H2,1H3. The van der Waals surface area contributed by atoms with Crippen LogP contribution in [0.2, 0.25) is 0 Å². The summed E-state index contributed by atoms with van der Waals surface area (Å²) in [4.78, 5) is 15.8. The summed E-state index contributed by atoms with van der Waals surface area (Å²) in [7, 11) is 1.67. The van der Waals surface area contributed by atoms with Crippen molar-refractivity contribution in [1.29, 1.82) is 0 Å². The van der Waals surface area contributed by atoms with Crippen LogP contribution in [0.25, 0.3) is 0 Å². The van der Waals surface area contributed by atoms with Gasteiger partial charge in [0.2, 0.25) is 0 Å². The number of anilines is 2. The second-order valence-corrected chi connectivity index (χ2v) is 4.36. The molecular formula is C13H19N3O2. The second-order valence-electron chi connectivity index (χ2n) is 4.36. The quantitative estimate of drug-likeness (QED) is 0.636. The van der Waals surface area contributed by atoms with Crippen LogP contribution in [0, 0.1) is 0 Å². The maximum Gasteiger partial charge on any atom is 0.324 e. The Labute approximate surface area is 107 Å². The molecule has 1 saturated heterocycles. The molecule has 1 aliphatic heterocycles. The van der Waals surface area contributed by atoms with Crippen molar-refractivity contribution < 1.29 is 9.53 Å². The van der Waals surface area contributed by atoms with Gasteiger partial charge in [-0.3, -0.25) is 4.90 Å². The van der Waals surface area contributed by atoms with Crippen LogP contribution in [-0.2, 0) is 4.74 Å². The predicted octanol–water partition coefficient (Wildman–Crippen LogP) is 1.55. The van der Waals surface area contributed by atoms with Gasteiger partial charge in [0.25, 0.3) is 0 Å². The molecule has 0 aromatic heterocycles. The summed E-state index contributed by atoms with van der Waals surface area (Å²) in [6.07, 6.45) is 0.873. The van der Waals surface area contributed by atoms with E-state index in [1.807, 2.05) is 29.2 Å². The van der Waals surface area contributed by atoms with E-state index in [-0.39, 0.29) is 6.03 Å². The highest BCUT2D eigenvalue weighted by Gasteiger charge is 2.28. The Bertz CT molecular complexity index is 405. The third-order valence-electron chi connectivity index (χ3n) is 3.08. The molecule has 5 nitrogen and oxygen atoms in total. The van der Waals surface area contributed by atoms with E-state index in [9.17, 15) is 4.79 Å². The largest absolute Gasteiger partial charge is 0.399 e. The highest BCUT2D eigenvalue weighted by molar-refractivity contribution is 5.94. The molecule has 2 amide bonds. The van der Waals surface area contributed by atoms with E-state index < -0.39 is 0 Å². The summed E-state index contributed by atoms with van der Waals surface area (Å²) in [5.74, 6) is 0. The Kier molecular flexibility index (Phi) is 4.04. The van der Waals surface area contributed by atoms with Gasteiger partial charge >= 0.3 is 6.03 Å². The summed E-state index contributed by atoms with van der Waals surface area (Å²) in [5.41, 5.74) is 7.26. The first-order valence-corrected chi connectivity index (χ1v) is 6.13. The molecular weight excluding hydrogens is 230 g/mol. The monoisotopic (exact) mass is 249 g/mol. The van der Waals surface area contributed by atoms with Gasteiger partial charge in [0.05, 0.1) is 0 Å². The summed E-state index contributed by atoms with van der Waals surface area (Å²) >= 11 is 0. The molecule has 2 N–H and O–H groups in total. The van der Waals surface area contributed by atoms with E-state index >= 15 is 0 Å². The number of ether oxygens (including phenoxy) is 1. The zero-order valence-corrected chi connectivity index (χ0v) is 10.6. The van der Waals surface area contributed by atoms with Crippen LogP contribution < -0.4 is 10.6 Å². The van der Waals surface area contributed by atoms with Crippen LogP contribution in [0.4, 0.5) is 16.2 Å². The minimum Gasteiger partial charge on any atom is -0.399 e. The van der Waals surface area contributed by atoms with Crippen molar-refractivity contribution in [2.45, 2.75) is 6.42 Å². The van der Waals surface area contributed by atoms with E-state index in [1.165, 1.54) is 0 Å². The maximum absolute atomic E-state index is 12.2. The van der Waals surface area contributed by atoms with Crippen molar-refractivity contribution in [1.82, 2.24) is 4.90 Å². The summed E-state index contributed by atoms with van der Waals surface area (Å²) in [5, 5.41) is 0. The first-order chi connectivity index (χ1) is 8.72. The third kappa shape index (κ3) is 2.73. The third-order valence-corrected chi connectivity index (χ3v) is 3.08. The fraction of sp³-hybridized carbons (Fsp3) is 0.462. The van der Waals surface area contributed by atoms with Crippen LogP contribution in [0.15, 0.2) is 24.3 Å². The molecule has 0 unspecified atom stereocenters. The van der Waals surface area contributed by atoms with Crippen molar-refractivity contribution in [3.05, 3.63) is 24.3 Å². The summed E-state index contributed by atoms with van der Waals surface area (Å²) < 4.78 is 5.00. The number of nitrogens with two attached hydrogens (primary N) is 1. The Morgan fingerprint density at radius 3 is 2.67 bits per heavy atom. The average molecular weight is 249 g/mol. The van der Waals surface area contributed by atoms with Gasteiger partial charge in [-0.1, -0.05) is 0 Å². The van der Waals surface area contributed by atoms with E-state index in [1.54, 1.807) is 12.0 Å². The van der Waals surface area contributed by atoms with Crippen LogP contribution in [0.3, 0.4) is 0 Å². The van der Waals surface area contributed by atoms with Gasteiger partial charge in [-0.2, -0.15) is 0 Å². The van der Waals surface area contributed by atoms with Crippen molar-refractivity contribution in [3.8, 4) is 0 Å². The molecule has 5 heteroatoms. The number of benzene rings is 1. The van der Waals surface area contributed by atoms with Gasteiger partial charge in [0, 0.05) is 44.7 Å². The van der Waals surface area contributed by atoms with Gasteiger partial charge in [-0.05, 0) is 30.7 Å². The van der Waals surface area contributed by atoms with Crippen molar-refractivity contribution in [3.63, 3.8) is 0 Å². The highest BCUT2D eigenvalue weighted by Crippen LogP contribution is 2.21. The number of hydrogen-bond donors (Lipinski definition) is 1. The lowest BCUT2D eigenvalue weighted by Gasteiger charge is -2.18. The molecule has 0 aliphatic carbocycles. The zero-order valence-electron chi connectivity index (χ0n) is 10.6. The Hall–Kier alpha value is -1.75. The number of nitrogen functional groups attached to an aromatic ring is 1. The number of carbonyl (C=O) groups is 1. The molecule has 1 heterocycles. The number of rotatable bonds is 5. The number of amides is 2. The molecule has 0 radical (unpaired) electrons. The van der Waals surface area contributed by atoms with Crippen molar-refractivity contribution in [2.24, 2.45) is 0 Å². The molecule has 0 saturated carbocycles. The van der Waals surface area contributed by atoms with Gasteiger partial charge < -0.3 is 15.4 Å². The zero-order chi connectivity index (χ0) is 13.0. The molecule has 1 aromatic rings. The number of methoxy groups -OCH3 is 1. The Morgan fingerprint density at radius 1 is 1.28 bits per heavy atom. The number of hydrogen-bond acceptors (Lipinski definition) is 3. The fourth-order valence-corrected chi connectivity index (χ4v) is 2.08. The van der Waals surface area contributed by atoms with E-state index in [4.69, 9.17) is 10.5 Å². The van der Waals surface area contributed by atoms with Gasteiger partial charge in [-0.25, -0.2) is 4.79 Å². The lowest BCUT2D eigenvalue weighted by molar-refractivity contribution is 0.178. The van der Waals surface area contributed by atoms with Crippen LogP contribution in [0.5, 0.6) is 0 Å². The number of carbonyl (C=O) groups excluding carboxylic acids is 1. The summed E-state index contributed by atoms with van der Waals surface area (Å²) in [6, 6.07) is 7.46. The number of urea groups is 1. The Morgan fingerprint density at radius 2 is 2.00 bits per heavy atom. The van der Waals surface area contributed by atoms with E-state index in [2.05, 4.69) is 0 Å². The number of nitrogens with zero attached hydrogens (tertiary/aromatic N) is 2. The van der Waals surface area contributed by atoms with Crippen molar-refractivity contribution in [2.75, 3.05) is 44.0 Å². The molecule has 98 valence electrons. The molecule has 1 aromatic carbocycles. The minimum atomic E-state index is 0.0656. The first kappa shape index (κ1) is 12.7. The first-order valence-electron chi connectivity index (χ1n) is 6.13. The van der Waals surface area contributed by atoms with Gasteiger partial charge in [-0.15, -0.1) is 0 Å². The molecule has 18 heavy (non-hydrogen) atoms. The lowest BCUT2D eigenvalue weighted by Crippen LogP contribution is -2.32. The summed E-state index contributed by atoms with van der Waals surface area (Å²) in [6.45, 7) is 2.94.